The van der Waals surface area contributed by atoms with Crippen LogP contribution in [0.2, 0.25) is 0 Å². The van der Waals surface area contributed by atoms with Gasteiger partial charge in [0.25, 0.3) is 5.91 Å². The van der Waals surface area contributed by atoms with Crippen LogP contribution >= 0.6 is 0 Å². The van der Waals surface area contributed by atoms with Crippen LogP contribution in [-0.4, -0.2) is 22.0 Å². The van der Waals surface area contributed by atoms with Crippen molar-refractivity contribution in [3.05, 3.63) is 30.7 Å². The molecule has 0 aliphatic carbocycles. The summed E-state index contributed by atoms with van der Waals surface area (Å²) in [5.41, 5.74) is 6.02. The number of aromatic nitrogens is 2. The van der Waals surface area contributed by atoms with Crippen molar-refractivity contribution in [2.24, 2.45) is 5.73 Å². The van der Waals surface area contributed by atoms with E-state index in [2.05, 4.69) is 9.97 Å². The normalized spacial score (nSPS) is 12.3. The summed E-state index contributed by atoms with van der Waals surface area (Å²) in [4.78, 5) is 19.2. The van der Waals surface area contributed by atoms with Crippen LogP contribution in [0.15, 0.2) is 30.7 Å². The Morgan fingerprint density at radius 1 is 1.53 bits per heavy atom. The van der Waals surface area contributed by atoms with Crippen LogP contribution in [0.3, 0.4) is 0 Å². The highest BCUT2D eigenvalue weighted by molar-refractivity contribution is 5.85. The molecular formula is C12H13N3O2. The zero-order valence-electron chi connectivity index (χ0n) is 9.46. The highest BCUT2D eigenvalue weighted by Gasteiger charge is 2.15. The van der Waals surface area contributed by atoms with Crippen LogP contribution in [0.5, 0.6) is 5.75 Å². The first kappa shape index (κ1) is 11.3. The number of hydrogen-bond acceptors (Lipinski definition) is 4. The van der Waals surface area contributed by atoms with Gasteiger partial charge in [-0.25, -0.2) is 9.97 Å². The Morgan fingerprint density at radius 3 is 3.06 bits per heavy atom. The fraction of sp³-hybridized carbons (Fsp3) is 0.250. The number of nitrogens with zero attached hydrogens (tertiary/aromatic N) is 2. The number of amides is 1. The average Bonchev–Trinajstić information content (AvgIpc) is 2.35. The monoisotopic (exact) mass is 231 g/mol. The second-order valence-electron chi connectivity index (χ2n) is 3.63. The van der Waals surface area contributed by atoms with Gasteiger partial charge >= 0.3 is 0 Å². The molecule has 17 heavy (non-hydrogen) atoms. The molecule has 1 unspecified atom stereocenters. The number of ether oxygens (including phenoxy) is 1. The van der Waals surface area contributed by atoms with Gasteiger partial charge in [0, 0.05) is 6.20 Å². The predicted octanol–water partition coefficient (Wildman–Crippen LogP) is 1.27. The molecule has 5 nitrogen and oxygen atoms in total. The largest absolute Gasteiger partial charge is 0.480 e. The third-order valence-electron chi connectivity index (χ3n) is 2.47. The van der Waals surface area contributed by atoms with Crippen molar-refractivity contribution in [3.8, 4) is 5.75 Å². The topological polar surface area (TPSA) is 78.1 Å². The lowest BCUT2D eigenvalue weighted by Crippen LogP contribution is -2.33. The molecule has 0 fully saturated rings. The minimum Gasteiger partial charge on any atom is -0.480 e. The highest BCUT2D eigenvalue weighted by Crippen LogP contribution is 2.24. The second kappa shape index (κ2) is 4.78. The molecule has 1 aromatic heterocycles. The molecule has 1 atom stereocenters. The summed E-state index contributed by atoms with van der Waals surface area (Å²) in [7, 11) is 0. The standard InChI is InChI=1S/C12H13N3O2/c1-2-10(12(13)16)17-11-5-3-4-9-8(11)6-14-7-15-9/h3-7,10H,2H2,1H3,(H2,13,16). The number of fused-ring (bicyclic) bond motifs is 1. The number of rotatable bonds is 4. The van der Waals surface area contributed by atoms with E-state index in [1.54, 1.807) is 12.3 Å². The van der Waals surface area contributed by atoms with E-state index < -0.39 is 12.0 Å². The molecule has 0 aliphatic rings. The fourth-order valence-corrected chi connectivity index (χ4v) is 1.58. The van der Waals surface area contributed by atoms with Gasteiger partial charge in [0.1, 0.15) is 12.1 Å². The molecular weight excluding hydrogens is 218 g/mol. The Labute approximate surface area is 98.6 Å². The Morgan fingerprint density at radius 2 is 2.35 bits per heavy atom. The molecule has 5 heteroatoms. The highest BCUT2D eigenvalue weighted by atomic mass is 16.5. The average molecular weight is 231 g/mol. The predicted molar refractivity (Wildman–Crippen MR) is 63.4 cm³/mol. The van der Waals surface area contributed by atoms with Crippen molar-refractivity contribution in [2.45, 2.75) is 19.4 Å². The van der Waals surface area contributed by atoms with Gasteiger partial charge in [-0.15, -0.1) is 0 Å². The Hall–Kier alpha value is -2.17. The first-order valence-electron chi connectivity index (χ1n) is 5.37. The van der Waals surface area contributed by atoms with Crippen molar-refractivity contribution in [2.75, 3.05) is 0 Å². The maximum atomic E-state index is 11.1. The summed E-state index contributed by atoms with van der Waals surface area (Å²) >= 11 is 0. The summed E-state index contributed by atoms with van der Waals surface area (Å²) in [6, 6.07) is 5.45. The molecule has 0 radical (unpaired) electrons. The quantitative estimate of drug-likeness (QED) is 0.859. The Balaban J connectivity index is 2.38. The molecule has 0 bridgehead atoms. The lowest BCUT2D eigenvalue weighted by molar-refractivity contribution is -0.124. The summed E-state index contributed by atoms with van der Waals surface area (Å²) in [6.07, 6.45) is 3.03. The maximum absolute atomic E-state index is 11.1. The van der Waals surface area contributed by atoms with Crippen LogP contribution in [-0.2, 0) is 4.79 Å². The lowest BCUT2D eigenvalue weighted by atomic mass is 10.2. The molecule has 0 spiro atoms. The fourth-order valence-electron chi connectivity index (χ4n) is 1.58. The van der Waals surface area contributed by atoms with Crippen LogP contribution < -0.4 is 10.5 Å². The molecule has 1 aromatic carbocycles. The van der Waals surface area contributed by atoms with Gasteiger partial charge in [-0.1, -0.05) is 13.0 Å². The van der Waals surface area contributed by atoms with Gasteiger partial charge < -0.3 is 10.5 Å². The lowest BCUT2D eigenvalue weighted by Gasteiger charge is -2.15. The van der Waals surface area contributed by atoms with E-state index in [4.69, 9.17) is 10.5 Å². The van der Waals surface area contributed by atoms with Gasteiger partial charge in [0.15, 0.2) is 6.10 Å². The van der Waals surface area contributed by atoms with E-state index in [-0.39, 0.29) is 0 Å². The number of hydrogen-bond donors (Lipinski definition) is 1. The minimum absolute atomic E-state index is 0.471. The first-order chi connectivity index (χ1) is 8.22. The molecule has 2 aromatic rings. The minimum atomic E-state index is -0.624. The van der Waals surface area contributed by atoms with Crippen molar-refractivity contribution in [1.29, 1.82) is 0 Å². The van der Waals surface area contributed by atoms with E-state index in [0.29, 0.717) is 12.2 Å². The number of carbonyl (C=O) groups excluding carboxylic acids is 1. The van der Waals surface area contributed by atoms with Gasteiger partial charge in [0.05, 0.1) is 10.9 Å². The molecule has 0 saturated heterocycles. The van der Waals surface area contributed by atoms with E-state index >= 15 is 0 Å². The molecule has 0 aliphatic heterocycles. The van der Waals surface area contributed by atoms with Crippen LogP contribution in [0.25, 0.3) is 10.9 Å². The number of primary amides is 1. The summed E-state index contributed by atoms with van der Waals surface area (Å²) in [5.74, 6) is 0.107. The van der Waals surface area contributed by atoms with Crippen molar-refractivity contribution >= 4 is 16.8 Å². The first-order valence-corrected chi connectivity index (χ1v) is 5.37. The third kappa shape index (κ3) is 2.33. The van der Waals surface area contributed by atoms with E-state index in [1.807, 2.05) is 19.1 Å². The van der Waals surface area contributed by atoms with Gasteiger partial charge in [-0.05, 0) is 18.6 Å². The van der Waals surface area contributed by atoms with Gasteiger partial charge in [-0.2, -0.15) is 0 Å². The Bertz CT molecular complexity index is 537. The van der Waals surface area contributed by atoms with Gasteiger partial charge in [0.2, 0.25) is 0 Å². The third-order valence-corrected chi connectivity index (χ3v) is 2.47. The van der Waals surface area contributed by atoms with Crippen molar-refractivity contribution in [3.63, 3.8) is 0 Å². The second-order valence-corrected chi connectivity index (χ2v) is 3.63. The number of nitrogens with two attached hydrogens (primary N) is 1. The SMILES string of the molecule is CCC(Oc1cccc2ncncc12)C(N)=O. The smallest absolute Gasteiger partial charge is 0.258 e. The van der Waals surface area contributed by atoms with E-state index in [0.717, 1.165) is 10.9 Å². The maximum Gasteiger partial charge on any atom is 0.258 e. The summed E-state index contributed by atoms with van der Waals surface area (Å²) < 4.78 is 5.58. The van der Waals surface area contributed by atoms with E-state index in [1.165, 1.54) is 6.33 Å². The molecule has 1 amide bonds. The van der Waals surface area contributed by atoms with Crippen LogP contribution in [0, 0.1) is 0 Å². The summed E-state index contributed by atoms with van der Waals surface area (Å²) in [6.45, 7) is 1.84. The van der Waals surface area contributed by atoms with Crippen LogP contribution in [0.4, 0.5) is 0 Å². The van der Waals surface area contributed by atoms with Crippen molar-refractivity contribution < 1.29 is 9.53 Å². The zero-order valence-corrected chi connectivity index (χ0v) is 9.46. The molecule has 0 saturated carbocycles. The zero-order chi connectivity index (χ0) is 12.3. The Kier molecular flexibility index (Phi) is 3.18. The number of benzene rings is 1. The summed E-state index contributed by atoms with van der Waals surface area (Å²) in [5, 5.41) is 0.773. The molecule has 2 N–H and O–H groups in total. The number of carbonyl (C=O) groups is 1. The molecule has 88 valence electrons. The van der Waals surface area contributed by atoms with Crippen molar-refractivity contribution in [1.82, 2.24) is 9.97 Å². The molecule has 1 heterocycles. The van der Waals surface area contributed by atoms with E-state index in [9.17, 15) is 4.79 Å². The van der Waals surface area contributed by atoms with Gasteiger partial charge in [-0.3, -0.25) is 4.79 Å². The van der Waals surface area contributed by atoms with Crippen LogP contribution in [0.1, 0.15) is 13.3 Å². The molecule has 2 rings (SSSR count).